The van der Waals surface area contributed by atoms with Gasteiger partial charge in [0.1, 0.15) is 5.75 Å². The van der Waals surface area contributed by atoms with Crippen LogP contribution < -0.4 is 15.0 Å². The fourth-order valence-corrected chi connectivity index (χ4v) is 3.70. The molecule has 6 heteroatoms. The van der Waals surface area contributed by atoms with Crippen LogP contribution in [0.1, 0.15) is 12.0 Å². The van der Waals surface area contributed by atoms with Gasteiger partial charge in [-0.05, 0) is 42.3 Å². The normalized spacial score (nSPS) is 16.5. The van der Waals surface area contributed by atoms with Crippen LogP contribution >= 0.6 is 0 Å². The van der Waals surface area contributed by atoms with Crippen molar-refractivity contribution in [2.45, 2.75) is 12.8 Å². The Morgan fingerprint density at radius 3 is 2.86 bits per heavy atom. The molecule has 0 bridgehead atoms. The van der Waals surface area contributed by atoms with Crippen molar-refractivity contribution in [1.82, 2.24) is 10.3 Å². The highest BCUT2D eigenvalue weighted by Crippen LogP contribution is 2.25. The number of rotatable bonds is 6. The zero-order valence-corrected chi connectivity index (χ0v) is 15.8. The smallest absolute Gasteiger partial charge is 0.227 e. The lowest BCUT2D eigenvalue weighted by atomic mass is 10.1. The number of anilines is 1. The molecule has 0 aliphatic carbocycles. The van der Waals surface area contributed by atoms with E-state index in [9.17, 15) is 9.59 Å². The van der Waals surface area contributed by atoms with Crippen molar-refractivity contribution < 1.29 is 14.3 Å². The molecule has 0 radical (unpaired) electrons. The zero-order chi connectivity index (χ0) is 19.5. The average molecular weight is 377 g/mol. The summed E-state index contributed by atoms with van der Waals surface area (Å²) >= 11 is 0. The molecular weight excluding hydrogens is 354 g/mol. The molecule has 28 heavy (non-hydrogen) atoms. The largest absolute Gasteiger partial charge is 0.497 e. The second-order valence-corrected chi connectivity index (χ2v) is 7.01. The van der Waals surface area contributed by atoms with Crippen LogP contribution in [0.15, 0.2) is 54.7 Å². The third-order valence-electron chi connectivity index (χ3n) is 5.23. The highest BCUT2D eigenvalue weighted by Gasteiger charge is 2.34. The summed E-state index contributed by atoms with van der Waals surface area (Å²) in [5.74, 6) is 0.429. The number of methoxy groups -OCH3 is 1. The van der Waals surface area contributed by atoms with Crippen LogP contribution in [-0.2, 0) is 16.0 Å². The van der Waals surface area contributed by atoms with Crippen LogP contribution in [-0.4, -0.2) is 37.0 Å². The Bertz CT molecular complexity index is 997. The maximum absolute atomic E-state index is 12.5. The van der Waals surface area contributed by atoms with E-state index >= 15 is 0 Å². The molecule has 144 valence electrons. The summed E-state index contributed by atoms with van der Waals surface area (Å²) in [7, 11) is 1.65. The molecule has 1 unspecified atom stereocenters. The lowest BCUT2D eigenvalue weighted by Gasteiger charge is -2.16. The molecule has 2 aromatic carbocycles. The molecule has 3 aromatic rings. The number of aromatic amines is 1. The summed E-state index contributed by atoms with van der Waals surface area (Å²) in [6.45, 7) is 0.956. The lowest BCUT2D eigenvalue weighted by molar-refractivity contribution is -0.126. The number of hydrogen-bond donors (Lipinski definition) is 2. The molecule has 2 N–H and O–H groups in total. The Balaban J connectivity index is 1.35. The summed E-state index contributed by atoms with van der Waals surface area (Å²) in [5, 5.41) is 4.08. The van der Waals surface area contributed by atoms with Crippen LogP contribution in [0.5, 0.6) is 5.75 Å². The van der Waals surface area contributed by atoms with E-state index in [2.05, 4.69) is 10.3 Å². The van der Waals surface area contributed by atoms with Gasteiger partial charge in [0.2, 0.25) is 11.8 Å². The van der Waals surface area contributed by atoms with Gasteiger partial charge >= 0.3 is 0 Å². The molecule has 2 amide bonds. The first-order valence-electron chi connectivity index (χ1n) is 9.43. The number of nitrogens with one attached hydrogen (secondary N) is 2. The molecule has 1 atom stereocenters. The topological polar surface area (TPSA) is 74.4 Å². The van der Waals surface area contributed by atoms with E-state index in [1.807, 2.05) is 54.7 Å². The first kappa shape index (κ1) is 18.1. The number of amides is 2. The monoisotopic (exact) mass is 377 g/mol. The SMILES string of the molecule is COc1ccc2[nH]cc(CCNC(=O)C3CC(=O)N(c4ccccc4)C3)c2c1. The standard InChI is InChI=1S/C22H23N3O3/c1-28-18-7-8-20-19(12-18)15(13-24-20)9-10-23-22(27)16-11-21(26)25(14-16)17-5-3-2-4-6-17/h2-8,12-13,16,24H,9-11,14H2,1H3,(H,23,27). The Morgan fingerprint density at radius 2 is 2.07 bits per heavy atom. The minimum absolute atomic E-state index is 0.00456. The molecule has 2 heterocycles. The molecule has 1 aromatic heterocycles. The van der Waals surface area contributed by atoms with Gasteiger partial charge in [-0.3, -0.25) is 9.59 Å². The van der Waals surface area contributed by atoms with Crippen molar-refractivity contribution >= 4 is 28.4 Å². The fraction of sp³-hybridized carbons (Fsp3) is 0.273. The first-order chi connectivity index (χ1) is 13.7. The van der Waals surface area contributed by atoms with E-state index in [1.54, 1.807) is 12.0 Å². The lowest BCUT2D eigenvalue weighted by Crippen LogP contribution is -2.34. The van der Waals surface area contributed by atoms with Crippen LogP contribution in [0.4, 0.5) is 5.69 Å². The molecular formula is C22H23N3O3. The Kier molecular flexibility index (Phi) is 5.02. The van der Waals surface area contributed by atoms with Gasteiger partial charge in [0.15, 0.2) is 0 Å². The molecule has 4 rings (SSSR count). The summed E-state index contributed by atoms with van der Waals surface area (Å²) in [4.78, 5) is 29.8. The maximum Gasteiger partial charge on any atom is 0.227 e. The molecule has 1 aliphatic rings. The van der Waals surface area contributed by atoms with Gasteiger partial charge < -0.3 is 19.9 Å². The second-order valence-electron chi connectivity index (χ2n) is 7.01. The van der Waals surface area contributed by atoms with Gasteiger partial charge in [0, 0.05) is 42.3 Å². The number of benzene rings is 2. The number of fused-ring (bicyclic) bond motifs is 1. The highest BCUT2D eigenvalue weighted by molar-refractivity contribution is 6.00. The number of para-hydroxylation sites is 1. The minimum atomic E-state index is -0.309. The van der Waals surface area contributed by atoms with Crippen LogP contribution in [0.3, 0.4) is 0 Å². The van der Waals surface area contributed by atoms with Crippen LogP contribution in [0.2, 0.25) is 0 Å². The highest BCUT2D eigenvalue weighted by atomic mass is 16.5. The summed E-state index contributed by atoms with van der Waals surface area (Å²) in [5.41, 5.74) is 3.01. The Morgan fingerprint density at radius 1 is 1.25 bits per heavy atom. The number of ether oxygens (including phenoxy) is 1. The van der Waals surface area contributed by atoms with Gasteiger partial charge in [-0.25, -0.2) is 0 Å². The molecule has 1 aliphatic heterocycles. The van der Waals surface area contributed by atoms with Gasteiger partial charge in [-0.15, -0.1) is 0 Å². The minimum Gasteiger partial charge on any atom is -0.497 e. The van der Waals surface area contributed by atoms with E-state index in [0.717, 1.165) is 27.9 Å². The average Bonchev–Trinajstić information content (AvgIpc) is 3.31. The summed E-state index contributed by atoms with van der Waals surface area (Å²) < 4.78 is 5.29. The number of nitrogens with zero attached hydrogens (tertiary/aromatic N) is 1. The molecule has 0 saturated carbocycles. The predicted octanol–water partition coefficient (Wildman–Crippen LogP) is 2.89. The van der Waals surface area contributed by atoms with E-state index in [4.69, 9.17) is 4.74 Å². The van der Waals surface area contributed by atoms with Crippen LogP contribution in [0, 0.1) is 5.92 Å². The van der Waals surface area contributed by atoms with Gasteiger partial charge in [-0.1, -0.05) is 18.2 Å². The van der Waals surface area contributed by atoms with E-state index in [-0.39, 0.29) is 24.2 Å². The van der Waals surface area contributed by atoms with Crippen LogP contribution in [0.25, 0.3) is 10.9 Å². The first-order valence-corrected chi connectivity index (χ1v) is 9.43. The third kappa shape index (κ3) is 3.58. The van der Waals surface area contributed by atoms with Gasteiger partial charge in [0.05, 0.1) is 13.0 Å². The predicted molar refractivity (Wildman–Crippen MR) is 108 cm³/mol. The molecule has 6 nitrogen and oxygen atoms in total. The number of hydrogen-bond acceptors (Lipinski definition) is 3. The maximum atomic E-state index is 12.5. The van der Waals surface area contributed by atoms with E-state index in [1.165, 1.54) is 0 Å². The second kappa shape index (κ2) is 7.76. The third-order valence-corrected chi connectivity index (χ3v) is 5.23. The number of carbonyl (C=O) groups is 2. The summed E-state index contributed by atoms with van der Waals surface area (Å²) in [6, 6.07) is 15.4. The fourth-order valence-electron chi connectivity index (χ4n) is 3.70. The van der Waals surface area contributed by atoms with Crippen molar-refractivity contribution in [3.05, 3.63) is 60.3 Å². The van der Waals surface area contributed by atoms with Gasteiger partial charge in [0.25, 0.3) is 0 Å². The van der Waals surface area contributed by atoms with Crippen molar-refractivity contribution in [2.75, 3.05) is 25.1 Å². The summed E-state index contributed by atoms with van der Waals surface area (Å²) in [6.07, 6.45) is 2.93. The van der Waals surface area contributed by atoms with E-state index < -0.39 is 0 Å². The number of H-pyrrole nitrogens is 1. The molecule has 0 spiro atoms. The number of carbonyl (C=O) groups excluding carboxylic acids is 2. The number of aromatic nitrogens is 1. The van der Waals surface area contributed by atoms with Crippen molar-refractivity contribution in [3.63, 3.8) is 0 Å². The zero-order valence-electron chi connectivity index (χ0n) is 15.8. The van der Waals surface area contributed by atoms with Gasteiger partial charge in [-0.2, -0.15) is 0 Å². The Labute approximate surface area is 163 Å². The van der Waals surface area contributed by atoms with E-state index in [0.29, 0.717) is 19.5 Å². The Hall–Kier alpha value is -3.28. The molecule has 1 fully saturated rings. The van der Waals surface area contributed by atoms with Crippen molar-refractivity contribution in [3.8, 4) is 5.75 Å². The molecule has 1 saturated heterocycles. The van der Waals surface area contributed by atoms with Crippen molar-refractivity contribution in [1.29, 1.82) is 0 Å². The van der Waals surface area contributed by atoms with Crippen molar-refractivity contribution in [2.24, 2.45) is 5.92 Å². The quantitative estimate of drug-likeness (QED) is 0.694.